The second-order valence-electron chi connectivity index (χ2n) is 1.99. The van der Waals surface area contributed by atoms with Gasteiger partial charge in [0.2, 0.25) is 0 Å². The molecular weight excluding hydrogens is 110 g/mol. The molecule has 0 aromatic carbocycles. The predicted octanol–water partition coefficient (Wildman–Crippen LogP) is 1.81. The number of hydrogen-bond donors (Lipinski definition) is 0. The van der Waals surface area contributed by atoms with Gasteiger partial charge in [0.25, 0.3) is 0 Å². The van der Waals surface area contributed by atoms with Crippen molar-refractivity contribution in [2.45, 2.75) is 13.8 Å². The molecule has 0 aliphatic heterocycles. The molecule has 0 unspecified atom stereocenters. The lowest BCUT2D eigenvalue weighted by Gasteiger charge is -1.88. The lowest BCUT2D eigenvalue weighted by molar-refractivity contribution is -0.446. The molecule has 0 bridgehead atoms. The van der Waals surface area contributed by atoms with Gasteiger partial charge >= 0.3 is 0 Å². The van der Waals surface area contributed by atoms with Crippen molar-refractivity contribution in [2.75, 3.05) is 6.54 Å². The van der Waals surface area contributed by atoms with Crippen molar-refractivity contribution in [2.24, 2.45) is 0 Å². The van der Waals surface area contributed by atoms with E-state index in [-0.39, 0.29) is 0 Å². The van der Waals surface area contributed by atoms with E-state index in [1.165, 1.54) is 0 Å². The van der Waals surface area contributed by atoms with E-state index >= 15 is 0 Å². The van der Waals surface area contributed by atoms with Gasteiger partial charge in [0.1, 0.15) is 6.54 Å². The molecule has 0 rings (SSSR count). The Morgan fingerprint density at radius 2 is 2.22 bits per heavy atom. The zero-order valence-electron chi connectivity index (χ0n) is 6.22. The van der Waals surface area contributed by atoms with E-state index in [1.807, 2.05) is 17.7 Å². The second kappa shape index (κ2) is 4.07. The maximum absolute atomic E-state index is 3.75. The molecule has 0 saturated heterocycles. The Bertz CT molecular complexity index is 143. The van der Waals surface area contributed by atoms with Gasteiger partial charge in [-0.15, -0.1) is 0 Å². The molecule has 0 N–H and O–H groups in total. The van der Waals surface area contributed by atoms with Crippen LogP contribution in [0.1, 0.15) is 13.8 Å². The minimum Gasteiger partial charge on any atom is -0.206 e. The van der Waals surface area contributed by atoms with Crippen LogP contribution in [-0.4, -0.2) is 17.3 Å². The van der Waals surface area contributed by atoms with Crippen molar-refractivity contribution in [1.29, 1.82) is 0 Å². The minimum atomic E-state index is 0.955. The van der Waals surface area contributed by atoms with Gasteiger partial charge < -0.3 is 0 Å². The highest BCUT2D eigenvalue weighted by Crippen LogP contribution is 1.81. The van der Waals surface area contributed by atoms with Gasteiger partial charge in [-0.3, -0.25) is 0 Å². The SMILES string of the molecule is C=C[N+](=CC(=C)C)CC. The second-order valence-corrected chi connectivity index (χ2v) is 1.99. The van der Waals surface area contributed by atoms with Crippen molar-refractivity contribution in [3.05, 3.63) is 24.9 Å². The summed E-state index contributed by atoms with van der Waals surface area (Å²) in [5.74, 6) is 0. The van der Waals surface area contributed by atoms with Gasteiger partial charge in [-0.05, 0) is 20.4 Å². The van der Waals surface area contributed by atoms with E-state index in [0.717, 1.165) is 12.1 Å². The van der Waals surface area contributed by atoms with E-state index in [1.54, 1.807) is 6.20 Å². The molecule has 0 aliphatic carbocycles. The van der Waals surface area contributed by atoms with Crippen LogP contribution < -0.4 is 0 Å². The third-order valence-corrected chi connectivity index (χ3v) is 0.986. The Hall–Kier alpha value is -0.850. The fourth-order valence-corrected chi connectivity index (χ4v) is 0.556. The standard InChI is InChI=1S/C8H14N/c1-5-9(6-2)7-8(3)4/h5,7H,1,3,6H2,2,4H3/q+1. The molecule has 0 saturated carbocycles. The molecule has 0 fully saturated rings. The number of hydrogen-bond acceptors (Lipinski definition) is 0. The summed E-state index contributed by atoms with van der Waals surface area (Å²) in [6, 6.07) is 0. The lowest BCUT2D eigenvalue weighted by Crippen LogP contribution is -2.03. The summed E-state index contributed by atoms with van der Waals surface area (Å²) in [5.41, 5.74) is 1.05. The Balaban J connectivity index is 4.07. The van der Waals surface area contributed by atoms with Crippen molar-refractivity contribution >= 4 is 6.21 Å². The third-order valence-electron chi connectivity index (χ3n) is 0.986. The molecule has 0 heterocycles. The van der Waals surface area contributed by atoms with Gasteiger partial charge in [0, 0.05) is 5.57 Å². The molecule has 0 aromatic rings. The van der Waals surface area contributed by atoms with Crippen LogP contribution >= 0.6 is 0 Å². The van der Waals surface area contributed by atoms with E-state index in [9.17, 15) is 0 Å². The van der Waals surface area contributed by atoms with Gasteiger partial charge in [0.15, 0.2) is 12.4 Å². The quantitative estimate of drug-likeness (QED) is 0.399. The smallest absolute Gasteiger partial charge is 0.171 e. The first-order chi connectivity index (χ1) is 4.20. The van der Waals surface area contributed by atoms with Crippen LogP contribution in [0.5, 0.6) is 0 Å². The highest BCUT2D eigenvalue weighted by molar-refractivity contribution is 5.72. The van der Waals surface area contributed by atoms with E-state index in [4.69, 9.17) is 0 Å². The summed E-state index contributed by atoms with van der Waals surface area (Å²) < 4.78 is 1.99. The molecule has 1 nitrogen and oxygen atoms in total. The normalized spacial score (nSPS) is 11.1. The molecule has 0 atom stereocenters. The number of rotatable bonds is 3. The Morgan fingerprint density at radius 3 is 2.33 bits per heavy atom. The average molecular weight is 124 g/mol. The van der Waals surface area contributed by atoms with Crippen LogP contribution in [-0.2, 0) is 0 Å². The third kappa shape index (κ3) is 3.71. The molecular formula is C8H14N+. The van der Waals surface area contributed by atoms with Crippen LogP contribution in [0.15, 0.2) is 24.9 Å². The summed E-state index contributed by atoms with van der Waals surface area (Å²) >= 11 is 0. The van der Waals surface area contributed by atoms with Crippen LogP contribution in [0.3, 0.4) is 0 Å². The van der Waals surface area contributed by atoms with Gasteiger partial charge in [-0.25, -0.2) is 4.58 Å². The first-order valence-electron chi connectivity index (χ1n) is 3.09. The summed E-state index contributed by atoms with van der Waals surface area (Å²) in [6.45, 7) is 12.4. The minimum absolute atomic E-state index is 0.955. The Kier molecular flexibility index (Phi) is 3.69. The van der Waals surface area contributed by atoms with E-state index in [2.05, 4.69) is 20.1 Å². The first-order valence-corrected chi connectivity index (χ1v) is 3.09. The van der Waals surface area contributed by atoms with Gasteiger partial charge in [-0.1, -0.05) is 6.58 Å². The average Bonchev–Trinajstić information content (AvgIpc) is 1.82. The Morgan fingerprint density at radius 1 is 1.67 bits per heavy atom. The first kappa shape index (κ1) is 8.15. The van der Waals surface area contributed by atoms with Crippen LogP contribution in [0, 0.1) is 0 Å². The highest BCUT2D eigenvalue weighted by Gasteiger charge is 1.90. The fraction of sp³-hybridized carbons (Fsp3) is 0.375. The Labute approximate surface area is 57.0 Å². The van der Waals surface area contributed by atoms with Crippen molar-refractivity contribution in [3.63, 3.8) is 0 Å². The molecule has 0 aliphatic rings. The fourth-order valence-electron chi connectivity index (χ4n) is 0.556. The lowest BCUT2D eigenvalue weighted by atomic mass is 10.4. The summed E-state index contributed by atoms with van der Waals surface area (Å²) in [5, 5.41) is 0. The predicted molar refractivity (Wildman–Crippen MR) is 41.9 cm³/mol. The number of nitrogens with zero attached hydrogens (tertiary/aromatic N) is 1. The summed E-state index contributed by atoms with van der Waals surface area (Å²) in [7, 11) is 0. The monoisotopic (exact) mass is 124 g/mol. The molecule has 0 aromatic heterocycles. The van der Waals surface area contributed by atoms with Gasteiger partial charge in [0.05, 0.1) is 0 Å². The molecule has 50 valence electrons. The largest absolute Gasteiger partial charge is 0.206 e. The van der Waals surface area contributed by atoms with E-state index < -0.39 is 0 Å². The van der Waals surface area contributed by atoms with E-state index in [0.29, 0.717) is 0 Å². The summed E-state index contributed by atoms with van der Waals surface area (Å²) in [6.07, 6.45) is 3.75. The van der Waals surface area contributed by atoms with Crippen LogP contribution in [0.4, 0.5) is 0 Å². The van der Waals surface area contributed by atoms with Crippen molar-refractivity contribution in [3.8, 4) is 0 Å². The van der Waals surface area contributed by atoms with Crippen molar-refractivity contribution in [1.82, 2.24) is 0 Å². The molecule has 0 radical (unpaired) electrons. The van der Waals surface area contributed by atoms with Crippen LogP contribution in [0.25, 0.3) is 0 Å². The zero-order chi connectivity index (χ0) is 7.28. The summed E-state index contributed by atoms with van der Waals surface area (Å²) in [4.78, 5) is 0. The molecule has 0 amide bonds. The zero-order valence-corrected chi connectivity index (χ0v) is 6.22. The highest BCUT2D eigenvalue weighted by atomic mass is 15.0. The van der Waals surface area contributed by atoms with Crippen LogP contribution in [0.2, 0.25) is 0 Å². The molecule has 1 heteroatoms. The molecule has 0 spiro atoms. The maximum atomic E-state index is 3.75. The topological polar surface area (TPSA) is 3.01 Å². The molecule has 9 heavy (non-hydrogen) atoms. The maximum Gasteiger partial charge on any atom is 0.171 e. The number of allylic oxidation sites excluding steroid dienone is 1. The van der Waals surface area contributed by atoms with Crippen molar-refractivity contribution < 1.29 is 4.58 Å². The van der Waals surface area contributed by atoms with Gasteiger partial charge in [-0.2, -0.15) is 0 Å².